The van der Waals surface area contributed by atoms with Gasteiger partial charge in [0.15, 0.2) is 0 Å². The molecule has 0 radical (unpaired) electrons. The highest BCUT2D eigenvalue weighted by Gasteiger charge is 2.44. The maximum Gasteiger partial charge on any atom is 0.313 e. The minimum Gasteiger partial charge on any atom is -0.481 e. The number of hydrogen-bond acceptors (Lipinski definition) is 6. The summed E-state index contributed by atoms with van der Waals surface area (Å²) in [6.07, 6.45) is 1.59. The van der Waals surface area contributed by atoms with E-state index in [1.807, 2.05) is 27.7 Å². The number of esters is 1. The molecule has 6 heteroatoms. The third kappa shape index (κ3) is 3.13. The highest BCUT2D eigenvalue weighted by molar-refractivity contribution is 5.78. The van der Waals surface area contributed by atoms with Crippen LogP contribution < -0.4 is 10.1 Å². The smallest absolute Gasteiger partial charge is 0.313 e. The van der Waals surface area contributed by atoms with Crippen LogP contribution in [0.1, 0.15) is 27.7 Å². The Bertz CT molecular complexity index is 458. The van der Waals surface area contributed by atoms with Crippen molar-refractivity contribution in [3.05, 3.63) is 12.3 Å². The minimum atomic E-state index is -0.742. The van der Waals surface area contributed by atoms with Crippen molar-refractivity contribution in [2.24, 2.45) is 5.41 Å². The SMILES string of the molecule is COC(=O)C(C)(C)C(C)(C)Nc1nccc(OC)n1. The summed E-state index contributed by atoms with van der Waals surface area (Å²) >= 11 is 0. The molecule has 106 valence electrons. The van der Waals surface area contributed by atoms with Crippen LogP contribution in [0.15, 0.2) is 12.3 Å². The Labute approximate surface area is 113 Å². The van der Waals surface area contributed by atoms with E-state index >= 15 is 0 Å². The van der Waals surface area contributed by atoms with E-state index in [0.29, 0.717) is 11.8 Å². The molecule has 0 aliphatic rings. The van der Waals surface area contributed by atoms with E-state index in [0.717, 1.165) is 0 Å². The fourth-order valence-corrected chi connectivity index (χ4v) is 1.46. The van der Waals surface area contributed by atoms with E-state index in [-0.39, 0.29) is 5.97 Å². The molecule has 0 aliphatic carbocycles. The molecule has 0 spiro atoms. The van der Waals surface area contributed by atoms with Crippen molar-refractivity contribution < 1.29 is 14.3 Å². The van der Waals surface area contributed by atoms with Gasteiger partial charge in [-0.05, 0) is 27.7 Å². The molecule has 1 aromatic heterocycles. The molecule has 0 atom stereocenters. The third-order valence-corrected chi connectivity index (χ3v) is 3.52. The highest BCUT2D eigenvalue weighted by atomic mass is 16.5. The zero-order chi connectivity index (χ0) is 14.7. The first kappa shape index (κ1) is 15.2. The molecule has 0 aromatic carbocycles. The van der Waals surface area contributed by atoms with E-state index in [9.17, 15) is 4.79 Å². The van der Waals surface area contributed by atoms with Gasteiger partial charge in [0.1, 0.15) is 0 Å². The van der Waals surface area contributed by atoms with Gasteiger partial charge in [-0.2, -0.15) is 4.98 Å². The van der Waals surface area contributed by atoms with Crippen molar-refractivity contribution >= 4 is 11.9 Å². The summed E-state index contributed by atoms with van der Waals surface area (Å²) in [6, 6.07) is 1.66. The maximum atomic E-state index is 11.9. The molecule has 1 N–H and O–H groups in total. The molecule has 0 saturated heterocycles. The van der Waals surface area contributed by atoms with Crippen LogP contribution in [0.2, 0.25) is 0 Å². The van der Waals surface area contributed by atoms with Crippen LogP contribution in [0.4, 0.5) is 5.95 Å². The van der Waals surface area contributed by atoms with E-state index in [1.165, 1.54) is 14.2 Å². The van der Waals surface area contributed by atoms with Crippen molar-refractivity contribution in [3.8, 4) is 5.88 Å². The Morgan fingerprint density at radius 2 is 1.89 bits per heavy atom. The molecule has 1 heterocycles. The van der Waals surface area contributed by atoms with Gasteiger partial charge in [-0.25, -0.2) is 4.98 Å². The number of carbonyl (C=O) groups excluding carboxylic acids is 1. The van der Waals surface area contributed by atoms with Crippen LogP contribution in [0, 0.1) is 5.41 Å². The molecule has 0 unspecified atom stereocenters. The number of anilines is 1. The second-order valence-electron chi connectivity index (χ2n) is 5.29. The predicted octanol–water partition coefficient (Wildman–Crippen LogP) is 1.87. The maximum absolute atomic E-state index is 11.9. The summed E-state index contributed by atoms with van der Waals surface area (Å²) in [5.74, 6) is 0.568. The molecule has 19 heavy (non-hydrogen) atoms. The number of nitrogens with one attached hydrogen (secondary N) is 1. The summed E-state index contributed by atoms with van der Waals surface area (Å²) in [4.78, 5) is 20.2. The highest BCUT2D eigenvalue weighted by Crippen LogP contribution is 2.34. The summed E-state index contributed by atoms with van der Waals surface area (Å²) < 4.78 is 9.88. The monoisotopic (exact) mass is 267 g/mol. The van der Waals surface area contributed by atoms with Crippen LogP contribution in [-0.4, -0.2) is 35.7 Å². The fraction of sp³-hybridized carbons (Fsp3) is 0.615. The van der Waals surface area contributed by atoms with E-state index in [1.54, 1.807) is 12.3 Å². The van der Waals surface area contributed by atoms with Gasteiger partial charge in [0.2, 0.25) is 11.8 Å². The summed E-state index contributed by atoms with van der Waals surface area (Å²) in [6.45, 7) is 7.41. The van der Waals surface area contributed by atoms with Crippen molar-refractivity contribution in [3.63, 3.8) is 0 Å². The van der Waals surface area contributed by atoms with Gasteiger partial charge >= 0.3 is 5.97 Å². The largest absolute Gasteiger partial charge is 0.481 e. The van der Waals surface area contributed by atoms with Crippen LogP contribution in [0.3, 0.4) is 0 Å². The van der Waals surface area contributed by atoms with Crippen LogP contribution in [0.25, 0.3) is 0 Å². The average molecular weight is 267 g/mol. The Kier molecular flexibility index (Phi) is 4.34. The van der Waals surface area contributed by atoms with Crippen molar-refractivity contribution in [2.45, 2.75) is 33.2 Å². The number of nitrogens with zero attached hydrogens (tertiary/aromatic N) is 2. The molecule has 1 rings (SSSR count). The van der Waals surface area contributed by atoms with Gasteiger partial charge in [-0.15, -0.1) is 0 Å². The molecule has 0 saturated carbocycles. The lowest BCUT2D eigenvalue weighted by molar-refractivity contribution is -0.153. The fourth-order valence-electron chi connectivity index (χ4n) is 1.46. The molecular formula is C13H21N3O3. The van der Waals surface area contributed by atoms with Crippen molar-refractivity contribution in [2.75, 3.05) is 19.5 Å². The number of aromatic nitrogens is 2. The Morgan fingerprint density at radius 3 is 2.42 bits per heavy atom. The normalized spacial score (nSPS) is 11.9. The molecule has 6 nitrogen and oxygen atoms in total. The van der Waals surface area contributed by atoms with E-state index in [4.69, 9.17) is 9.47 Å². The molecule has 1 aromatic rings. The second-order valence-corrected chi connectivity index (χ2v) is 5.29. The first-order valence-corrected chi connectivity index (χ1v) is 5.98. The second kappa shape index (κ2) is 5.42. The summed E-state index contributed by atoms with van der Waals surface area (Å²) in [5.41, 5.74) is -1.33. The van der Waals surface area contributed by atoms with Crippen LogP contribution in [0.5, 0.6) is 5.88 Å². The number of hydrogen-bond donors (Lipinski definition) is 1. The lowest BCUT2D eigenvalue weighted by Gasteiger charge is -2.39. The Hall–Kier alpha value is -1.85. The summed E-state index contributed by atoms with van der Waals surface area (Å²) in [5, 5.41) is 3.15. The zero-order valence-electron chi connectivity index (χ0n) is 12.3. The number of rotatable bonds is 5. The van der Waals surface area contributed by atoms with E-state index in [2.05, 4.69) is 15.3 Å². The van der Waals surface area contributed by atoms with Gasteiger partial charge in [-0.3, -0.25) is 4.79 Å². The third-order valence-electron chi connectivity index (χ3n) is 3.52. The number of ether oxygens (including phenoxy) is 2. The average Bonchev–Trinajstić information content (AvgIpc) is 2.37. The van der Waals surface area contributed by atoms with Gasteiger partial charge in [-0.1, -0.05) is 0 Å². The van der Waals surface area contributed by atoms with Gasteiger partial charge < -0.3 is 14.8 Å². The molecule has 0 bridgehead atoms. The number of carbonyl (C=O) groups is 1. The molecule has 0 amide bonds. The molecular weight excluding hydrogens is 246 g/mol. The van der Waals surface area contributed by atoms with Crippen LogP contribution >= 0.6 is 0 Å². The Balaban J connectivity index is 2.98. The standard InChI is InChI=1S/C13H21N3O3/c1-12(2,10(17)19-6)13(3,4)16-11-14-8-7-9(15-11)18-5/h7-8H,1-6H3,(H,14,15,16). The zero-order valence-corrected chi connectivity index (χ0v) is 12.3. The number of methoxy groups -OCH3 is 2. The lowest BCUT2D eigenvalue weighted by atomic mass is 9.74. The van der Waals surface area contributed by atoms with Gasteiger partial charge in [0.25, 0.3) is 0 Å². The Morgan fingerprint density at radius 1 is 1.26 bits per heavy atom. The van der Waals surface area contributed by atoms with Gasteiger partial charge in [0, 0.05) is 12.3 Å². The molecule has 0 fully saturated rings. The lowest BCUT2D eigenvalue weighted by Crippen LogP contribution is -2.51. The predicted molar refractivity (Wildman–Crippen MR) is 72.1 cm³/mol. The summed E-state index contributed by atoms with van der Waals surface area (Å²) in [7, 11) is 2.91. The van der Waals surface area contributed by atoms with Crippen molar-refractivity contribution in [1.82, 2.24) is 9.97 Å². The van der Waals surface area contributed by atoms with E-state index < -0.39 is 11.0 Å². The topological polar surface area (TPSA) is 73.3 Å². The quantitative estimate of drug-likeness (QED) is 0.821. The first-order valence-electron chi connectivity index (χ1n) is 5.98. The molecule has 0 aliphatic heterocycles. The minimum absolute atomic E-state index is 0.298. The van der Waals surface area contributed by atoms with Gasteiger partial charge in [0.05, 0.1) is 25.2 Å². The van der Waals surface area contributed by atoms with Crippen LogP contribution in [-0.2, 0) is 9.53 Å². The van der Waals surface area contributed by atoms with Crippen molar-refractivity contribution in [1.29, 1.82) is 0 Å². The first-order chi connectivity index (χ1) is 8.74.